The summed E-state index contributed by atoms with van der Waals surface area (Å²) in [6.45, 7) is -0.0242. The number of halogens is 5. The van der Waals surface area contributed by atoms with Crippen LogP contribution >= 0.6 is 39.1 Å². The van der Waals surface area contributed by atoms with Crippen LogP contribution in [-0.4, -0.2) is 11.7 Å². The van der Waals surface area contributed by atoms with Gasteiger partial charge in [-0.1, -0.05) is 45.2 Å². The van der Waals surface area contributed by atoms with Crippen LogP contribution in [0.3, 0.4) is 0 Å². The van der Waals surface area contributed by atoms with Crippen LogP contribution in [0.1, 0.15) is 11.7 Å². The molecule has 7 heteroatoms. The highest BCUT2D eigenvalue weighted by Gasteiger charge is 2.15. The summed E-state index contributed by atoms with van der Waals surface area (Å²) >= 11 is 15.3. The maximum atomic E-state index is 13.6. The molecule has 0 aliphatic rings. The summed E-state index contributed by atoms with van der Waals surface area (Å²) in [6.07, 6.45) is -1.17. The van der Waals surface area contributed by atoms with Crippen molar-refractivity contribution in [1.29, 1.82) is 0 Å². The summed E-state index contributed by atoms with van der Waals surface area (Å²) in [6, 6.07) is 6.28. The molecule has 2 aromatic carbocycles. The molecule has 2 N–H and O–H groups in total. The van der Waals surface area contributed by atoms with Crippen LogP contribution in [0.5, 0.6) is 0 Å². The van der Waals surface area contributed by atoms with Crippen molar-refractivity contribution in [2.45, 2.75) is 6.10 Å². The Morgan fingerprint density at radius 3 is 2.33 bits per heavy atom. The molecule has 0 saturated carbocycles. The first-order valence-corrected chi connectivity index (χ1v) is 7.45. The number of rotatable bonds is 4. The number of hydrogen-bond acceptors (Lipinski definition) is 2. The van der Waals surface area contributed by atoms with Gasteiger partial charge in [-0.2, -0.15) is 0 Å². The zero-order valence-corrected chi connectivity index (χ0v) is 13.6. The van der Waals surface area contributed by atoms with Gasteiger partial charge in [-0.25, -0.2) is 8.78 Å². The minimum atomic E-state index is -1.17. The van der Waals surface area contributed by atoms with Gasteiger partial charge in [0.1, 0.15) is 11.6 Å². The van der Waals surface area contributed by atoms with E-state index in [2.05, 4.69) is 21.2 Å². The van der Waals surface area contributed by atoms with Crippen LogP contribution < -0.4 is 5.32 Å². The molecule has 0 aromatic heterocycles. The fourth-order valence-corrected chi connectivity index (χ4v) is 3.13. The molecule has 2 nitrogen and oxygen atoms in total. The van der Waals surface area contributed by atoms with Gasteiger partial charge in [0.2, 0.25) is 0 Å². The van der Waals surface area contributed by atoms with E-state index in [-0.39, 0.29) is 12.1 Å². The molecule has 0 aliphatic carbocycles. The Hall–Kier alpha value is -0.880. The Morgan fingerprint density at radius 2 is 1.76 bits per heavy atom. The predicted octanol–water partition coefficient (Wildman–Crippen LogP) is 5.18. The molecule has 0 amide bonds. The lowest BCUT2D eigenvalue weighted by atomic mass is 10.1. The van der Waals surface area contributed by atoms with Gasteiger partial charge < -0.3 is 10.4 Å². The molecule has 112 valence electrons. The Balaban J connectivity index is 2.13. The van der Waals surface area contributed by atoms with Crippen LogP contribution in [0.2, 0.25) is 10.0 Å². The van der Waals surface area contributed by atoms with Gasteiger partial charge in [-0.05, 0) is 18.2 Å². The summed E-state index contributed by atoms with van der Waals surface area (Å²) in [4.78, 5) is 0. The molecule has 21 heavy (non-hydrogen) atoms. The van der Waals surface area contributed by atoms with Crippen LogP contribution in [0.25, 0.3) is 0 Å². The smallest absolute Gasteiger partial charge is 0.131 e. The largest absolute Gasteiger partial charge is 0.386 e. The fraction of sp³-hybridized carbons (Fsp3) is 0.143. The van der Waals surface area contributed by atoms with Crippen molar-refractivity contribution in [2.24, 2.45) is 0 Å². The van der Waals surface area contributed by atoms with Gasteiger partial charge in [-0.3, -0.25) is 0 Å². The Bertz CT molecular complexity index is 646. The quantitative estimate of drug-likeness (QED) is 0.746. The number of benzene rings is 2. The zero-order valence-electron chi connectivity index (χ0n) is 10.5. The molecule has 0 bridgehead atoms. The van der Waals surface area contributed by atoms with E-state index in [4.69, 9.17) is 23.2 Å². The summed E-state index contributed by atoms with van der Waals surface area (Å²) < 4.78 is 27.1. The number of aliphatic hydroxyl groups is 1. The van der Waals surface area contributed by atoms with Crippen molar-refractivity contribution >= 4 is 44.8 Å². The molecule has 2 rings (SSSR count). The van der Waals surface area contributed by atoms with Gasteiger partial charge in [0.05, 0.1) is 21.8 Å². The van der Waals surface area contributed by atoms with Crippen molar-refractivity contribution in [1.82, 2.24) is 0 Å². The number of hydrogen-bond donors (Lipinski definition) is 2. The molecule has 1 atom stereocenters. The lowest BCUT2D eigenvalue weighted by Crippen LogP contribution is -2.14. The molecule has 1 unspecified atom stereocenters. The molecular weight excluding hydrogens is 387 g/mol. The maximum absolute atomic E-state index is 13.6. The normalized spacial score (nSPS) is 12.3. The molecule has 0 radical (unpaired) electrons. The SMILES string of the molecule is OC(CNc1c(Cl)cc(Br)cc1Cl)c1ccc(F)cc1F. The van der Waals surface area contributed by atoms with Crippen LogP contribution in [0.15, 0.2) is 34.8 Å². The first-order valence-electron chi connectivity index (χ1n) is 5.90. The van der Waals surface area contributed by atoms with Crippen molar-refractivity contribution in [3.63, 3.8) is 0 Å². The number of anilines is 1. The highest BCUT2D eigenvalue weighted by Crippen LogP contribution is 2.34. The molecular formula is C14H10BrCl2F2NO. The molecule has 0 aliphatic heterocycles. The summed E-state index contributed by atoms with van der Waals surface area (Å²) in [5.74, 6) is -1.51. The van der Waals surface area contributed by atoms with Gasteiger partial charge in [0.25, 0.3) is 0 Å². The van der Waals surface area contributed by atoms with Gasteiger partial charge in [0, 0.05) is 22.6 Å². The maximum Gasteiger partial charge on any atom is 0.131 e. The molecule has 0 heterocycles. The van der Waals surface area contributed by atoms with E-state index in [0.29, 0.717) is 20.2 Å². The number of aliphatic hydroxyl groups excluding tert-OH is 1. The highest BCUT2D eigenvalue weighted by molar-refractivity contribution is 9.10. The van der Waals surface area contributed by atoms with Crippen LogP contribution in [0, 0.1) is 11.6 Å². The van der Waals surface area contributed by atoms with E-state index in [1.807, 2.05) is 0 Å². The third-order valence-corrected chi connectivity index (χ3v) is 3.85. The summed E-state index contributed by atoms with van der Waals surface area (Å²) in [7, 11) is 0. The molecule has 0 fully saturated rings. The molecule has 0 saturated heterocycles. The predicted molar refractivity (Wildman–Crippen MR) is 84.0 cm³/mol. The van der Waals surface area contributed by atoms with E-state index < -0.39 is 17.7 Å². The Morgan fingerprint density at radius 1 is 1.14 bits per heavy atom. The van der Waals surface area contributed by atoms with E-state index in [9.17, 15) is 13.9 Å². The van der Waals surface area contributed by atoms with Crippen molar-refractivity contribution in [3.05, 3.63) is 62.0 Å². The average Bonchev–Trinajstić information content (AvgIpc) is 2.36. The average molecular weight is 397 g/mol. The second-order valence-electron chi connectivity index (χ2n) is 4.31. The minimum absolute atomic E-state index is 0.00624. The monoisotopic (exact) mass is 395 g/mol. The Kier molecular flexibility index (Phi) is 5.43. The van der Waals surface area contributed by atoms with E-state index in [1.165, 1.54) is 6.07 Å². The van der Waals surface area contributed by atoms with Crippen molar-refractivity contribution in [3.8, 4) is 0 Å². The Labute approximate surface area is 138 Å². The van der Waals surface area contributed by atoms with Gasteiger partial charge in [0.15, 0.2) is 0 Å². The summed E-state index contributed by atoms with van der Waals surface area (Å²) in [5.41, 5.74) is 0.427. The number of nitrogens with one attached hydrogen (secondary N) is 1. The first-order chi connectivity index (χ1) is 9.88. The third-order valence-electron chi connectivity index (χ3n) is 2.80. The first kappa shape index (κ1) is 16.5. The molecule has 2 aromatic rings. The van der Waals surface area contributed by atoms with E-state index in [1.54, 1.807) is 12.1 Å². The van der Waals surface area contributed by atoms with Crippen LogP contribution in [-0.2, 0) is 0 Å². The van der Waals surface area contributed by atoms with Gasteiger partial charge >= 0.3 is 0 Å². The molecule has 0 spiro atoms. The second-order valence-corrected chi connectivity index (χ2v) is 6.04. The third kappa shape index (κ3) is 4.07. The van der Waals surface area contributed by atoms with E-state index in [0.717, 1.165) is 12.1 Å². The van der Waals surface area contributed by atoms with Crippen LogP contribution in [0.4, 0.5) is 14.5 Å². The fourth-order valence-electron chi connectivity index (χ4n) is 1.79. The second kappa shape index (κ2) is 6.92. The standard InChI is InChI=1S/C14H10BrCl2F2NO/c15-7-3-10(16)14(11(17)4-7)20-6-13(21)9-2-1-8(18)5-12(9)19/h1-5,13,20-21H,6H2. The highest BCUT2D eigenvalue weighted by atomic mass is 79.9. The lowest BCUT2D eigenvalue weighted by molar-refractivity contribution is 0.186. The van der Waals surface area contributed by atoms with Gasteiger partial charge in [-0.15, -0.1) is 0 Å². The zero-order chi connectivity index (χ0) is 15.6. The van der Waals surface area contributed by atoms with E-state index >= 15 is 0 Å². The lowest BCUT2D eigenvalue weighted by Gasteiger charge is -2.16. The topological polar surface area (TPSA) is 32.3 Å². The van der Waals surface area contributed by atoms with Crippen molar-refractivity contribution < 1.29 is 13.9 Å². The van der Waals surface area contributed by atoms with Crippen molar-refractivity contribution in [2.75, 3.05) is 11.9 Å². The minimum Gasteiger partial charge on any atom is -0.386 e. The summed E-state index contributed by atoms with van der Waals surface area (Å²) in [5, 5.41) is 13.5.